The molecule has 17 heavy (non-hydrogen) atoms. The molecule has 2 heteroatoms. The molecule has 0 spiro atoms. The molecule has 0 radical (unpaired) electrons. The summed E-state index contributed by atoms with van der Waals surface area (Å²) in [6.07, 6.45) is 1.89. The van der Waals surface area contributed by atoms with Crippen molar-refractivity contribution in [2.45, 2.75) is 6.92 Å². The maximum absolute atomic E-state index is 4.46. The van der Waals surface area contributed by atoms with Gasteiger partial charge in [0.1, 0.15) is 0 Å². The third-order valence-electron chi connectivity index (χ3n) is 2.40. The van der Waals surface area contributed by atoms with Gasteiger partial charge in [-0.2, -0.15) is 0 Å². The van der Waals surface area contributed by atoms with E-state index >= 15 is 0 Å². The molecule has 0 aliphatic rings. The molecule has 0 amide bonds. The van der Waals surface area contributed by atoms with Crippen LogP contribution in [0, 0.1) is 6.04 Å². The Balaban J connectivity index is 0.00000144. The molecule has 0 aromatic heterocycles. The number of benzene rings is 2. The van der Waals surface area contributed by atoms with Gasteiger partial charge in [0.05, 0.1) is 0 Å². The zero-order valence-electron chi connectivity index (χ0n) is 10.3. The Morgan fingerprint density at radius 2 is 1.41 bits per heavy atom. The van der Waals surface area contributed by atoms with Gasteiger partial charge >= 0.3 is 18.9 Å². The number of rotatable bonds is 3. The van der Waals surface area contributed by atoms with Crippen molar-refractivity contribution in [2.75, 3.05) is 0 Å². The Morgan fingerprint density at radius 1 is 0.882 bits per heavy atom. The predicted octanol–water partition coefficient (Wildman–Crippen LogP) is 0.710. The van der Waals surface area contributed by atoms with Crippen LogP contribution in [0.4, 0.5) is 0 Å². The SMILES string of the molecule is C[C-](N=Cc1ccccc1)c1ccccc1.[Li+]. The van der Waals surface area contributed by atoms with Crippen LogP contribution in [-0.2, 0) is 0 Å². The van der Waals surface area contributed by atoms with Crippen molar-refractivity contribution in [1.29, 1.82) is 0 Å². The summed E-state index contributed by atoms with van der Waals surface area (Å²) in [6.45, 7) is 2.02. The summed E-state index contributed by atoms with van der Waals surface area (Å²) < 4.78 is 0. The fraction of sp³-hybridized carbons (Fsp3) is 0.0667. The summed E-state index contributed by atoms with van der Waals surface area (Å²) in [6, 6.07) is 21.3. The fourth-order valence-corrected chi connectivity index (χ4v) is 1.46. The van der Waals surface area contributed by atoms with Crippen LogP contribution in [0.3, 0.4) is 0 Å². The Bertz CT molecular complexity index is 451. The Hall–Kier alpha value is -1.42. The molecular formula is C15H14LiN. The van der Waals surface area contributed by atoms with E-state index in [1.54, 1.807) is 0 Å². The molecule has 0 unspecified atom stereocenters. The van der Waals surface area contributed by atoms with Crippen molar-refractivity contribution in [3.8, 4) is 0 Å². The number of hydrogen-bond donors (Lipinski definition) is 0. The first-order valence-corrected chi connectivity index (χ1v) is 5.34. The largest absolute Gasteiger partial charge is 1.00 e. The first kappa shape index (κ1) is 13.6. The fourth-order valence-electron chi connectivity index (χ4n) is 1.46. The van der Waals surface area contributed by atoms with Crippen LogP contribution >= 0.6 is 0 Å². The van der Waals surface area contributed by atoms with E-state index in [2.05, 4.69) is 17.1 Å². The topological polar surface area (TPSA) is 12.4 Å². The standard InChI is InChI=1S/C15H14N.Li/c1-13(15-10-6-3-7-11-15)16-12-14-8-4-2-5-9-14;/h2-12H,1H3;/q-1;+1. The van der Waals surface area contributed by atoms with Crippen molar-refractivity contribution in [3.63, 3.8) is 0 Å². The minimum absolute atomic E-state index is 0. The number of hydrogen-bond acceptors (Lipinski definition) is 1. The van der Waals surface area contributed by atoms with Gasteiger partial charge in [0.25, 0.3) is 0 Å². The zero-order chi connectivity index (χ0) is 11.2. The summed E-state index contributed by atoms with van der Waals surface area (Å²) >= 11 is 0. The first-order chi connectivity index (χ1) is 7.86. The van der Waals surface area contributed by atoms with E-state index in [0.29, 0.717) is 0 Å². The third kappa shape index (κ3) is 4.15. The van der Waals surface area contributed by atoms with Crippen LogP contribution in [0.1, 0.15) is 18.1 Å². The second-order valence-electron chi connectivity index (χ2n) is 3.62. The van der Waals surface area contributed by atoms with E-state index < -0.39 is 0 Å². The molecule has 2 aromatic carbocycles. The maximum atomic E-state index is 4.46. The van der Waals surface area contributed by atoms with E-state index in [4.69, 9.17) is 0 Å². The molecule has 0 bridgehead atoms. The minimum Gasteiger partial charge on any atom is -0.355 e. The molecule has 0 atom stereocenters. The van der Waals surface area contributed by atoms with Crippen LogP contribution in [0.25, 0.3) is 0 Å². The van der Waals surface area contributed by atoms with Crippen molar-refractivity contribution < 1.29 is 18.9 Å². The van der Waals surface area contributed by atoms with Gasteiger partial charge in [0.2, 0.25) is 0 Å². The monoisotopic (exact) mass is 215 g/mol. The second kappa shape index (κ2) is 7.01. The Labute approximate surface area is 115 Å². The zero-order valence-corrected chi connectivity index (χ0v) is 10.3. The smallest absolute Gasteiger partial charge is 0.355 e. The van der Waals surface area contributed by atoms with Crippen molar-refractivity contribution in [1.82, 2.24) is 0 Å². The van der Waals surface area contributed by atoms with Crippen molar-refractivity contribution in [2.24, 2.45) is 4.99 Å². The third-order valence-corrected chi connectivity index (χ3v) is 2.40. The van der Waals surface area contributed by atoms with Gasteiger partial charge in [0.15, 0.2) is 0 Å². The minimum atomic E-state index is 0. The van der Waals surface area contributed by atoms with E-state index in [1.165, 1.54) is 0 Å². The second-order valence-corrected chi connectivity index (χ2v) is 3.62. The van der Waals surface area contributed by atoms with E-state index in [0.717, 1.165) is 17.2 Å². The van der Waals surface area contributed by atoms with E-state index in [9.17, 15) is 0 Å². The van der Waals surface area contributed by atoms with E-state index in [-0.39, 0.29) is 18.9 Å². The van der Waals surface area contributed by atoms with Gasteiger partial charge in [0, 0.05) is 0 Å². The average molecular weight is 215 g/mol. The summed E-state index contributed by atoms with van der Waals surface area (Å²) in [5, 5.41) is 0. The molecule has 0 aliphatic carbocycles. The van der Waals surface area contributed by atoms with Gasteiger partial charge in [-0.1, -0.05) is 43.3 Å². The van der Waals surface area contributed by atoms with Gasteiger partial charge in [-0.15, -0.1) is 29.8 Å². The quantitative estimate of drug-likeness (QED) is 0.406. The molecule has 2 rings (SSSR count). The van der Waals surface area contributed by atoms with Gasteiger partial charge in [-0.25, -0.2) is 0 Å². The van der Waals surface area contributed by atoms with Gasteiger partial charge < -0.3 is 4.99 Å². The van der Waals surface area contributed by atoms with Crippen LogP contribution in [0.2, 0.25) is 0 Å². The van der Waals surface area contributed by atoms with E-state index in [1.807, 2.05) is 61.7 Å². The van der Waals surface area contributed by atoms with Gasteiger partial charge in [-0.05, 0) is 17.8 Å². The molecule has 80 valence electrons. The molecule has 0 saturated carbocycles. The Morgan fingerprint density at radius 3 is 2.00 bits per heavy atom. The number of aliphatic imine (C=N–C) groups is 1. The Kier molecular flexibility index (Phi) is 5.63. The average Bonchev–Trinajstić information content (AvgIpc) is 2.38. The van der Waals surface area contributed by atoms with Crippen LogP contribution in [0.5, 0.6) is 0 Å². The summed E-state index contributed by atoms with van der Waals surface area (Å²) in [4.78, 5) is 4.46. The summed E-state index contributed by atoms with van der Waals surface area (Å²) in [5.74, 6) is 0. The van der Waals surface area contributed by atoms with Crippen LogP contribution in [-0.4, -0.2) is 6.21 Å². The number of nitrogens with zero attached hydrogens (tertiary/aromatic N) is 1. The molecule has 0 aliphatic heterocycles. The summed E-state index contributed by atoms with van der Waals surface area (Å²) in [5.41, 5.74) is 2.28. The molecule has 0 fully saturated rings. The molecule has 0 heterocycles. The first-order valence-electron chi connectivity index (χ1n) is 5.34. The molecule has 1 nitrogen and oxygen atoms in total. The normalized spacial score (nSPS) is 9.94. The van der Waals surface area contributed by atoms with Crippen molar-refractivity contribution in [3.05, 3.63) is 77.8 Å². The molecule has 0 saturated heterocycles. The van der Waals surface area contributed by atoms with Crippen LogP contribution in [0.15, 0.2) is 65.7 Å². The molecular weight excluding hydrogens is 201 g/mol. The van der Waals surface area contributed by atoms with Crippen molar-refractivity contribution >= 4 is 6.21 Å². The molecule has 2 aromatic rings. The summed E-state index contributed by atoms with van der Waals surface area (Å²) in [7, 11) is 0. The van der Waals surface area contributed by atoms with Gasteiger partial charge in [-0.3, -0.25) is 0 Å². The maximum Gasteiger partial charge on any atom is 1.00 e. The molecule has 0 N–H and O–H groups in total. The predicted molar refractivity (Wildman–Crippen MR) is 68.5 cm³/mol. The van der Waals surface area contributed by atoms with Crippen LogP contribution < -0.4 is 18.9 Å².